The van der Waals surface area contributed by atoms with Crippen LogP contribution in [0.5, 0.6) is 0 Å². The minimum Gasteiger partial charge on any atom is -0.466 e. The number of thiocarbonyl (C=S) groups is 1. The number of halogens is 1. The number of esters is 1. The summed E-state index contributed by atoms with van der Waals surface area (Å²) < 4.78 is 5.62. The molecule has 0 aromatic heterocycles. The molecule has 196 valence electrons. The summed E-state index contributed by atoms with van der Waals surface area (Å²) in [4.78, 5) is 13.2. The number of nitrogens with one attached hydrogen (secondary N) is 2. The SMILES string of the molecule is CCOC(=O)[C@]1(C)CCC[C@@]2(C)[C@@H]3CC[C@@]4(C)C[C@]3(CC[C@@H]21)C/C4=N\NC(=S)Nc1ccc(Cl)cc1. The van der Waals surface area contributed by atoms with Crippen molar-refractivity contribution in [1.29, 1.82) is 0 Å². The van der Waals surface area contributed by atoms with Gasteiger partial charge in [0.15, 0.2) is 5.11 Å². The maximum atomic E-state index is 13.2. The lowest BCUT2D eigenvalue weighted by Gasteiger charge is -2.64. The van der Waals surface area contributed by atoms with Crippen LogP contribution in [0.4, 0.5) is 5.69 Å². The molecule has 0 heterocycles. The average molecular weight is 530 g/mol. The van der Waals surface area contributed by atoms with E-state index in [1.807, 2.05) is 31.2 Å². The van der Waals surface area contributed by atoms with E-state index in [2.05, 4.69) is 31.5 Å². The lowest BCUT2D eigenvalue weighted by Crippen LogP contribution is -2.58. The van der Waals surface area contributed by atoms with Crippen LogP contribution in [0.3, 0.4) is 0 Å². The van der Waals surface area contributed by atoms with Crippen molar-refractivity contribution in [3.63, 3.8) is 0 Å². The van der Waals surface area contributed by atoms with Crippen molar-refractivity contribution < 1.29 is 9.53 Å². The Kier molecular flexibility index (Phi) is 6.68. The molecule has 2 N–H and O–H groups in total. The fraction of sp³-hybridized carbons (Fsp3) is 0.690. The molecule has 5 nitrogen and oxygen atoms in total. The molecule has 0 radical (unpaired) electrons. The highest BCUT2D eigenvalue weighted by Crippen LogP contribution is 2.73. The number of hydrazone groups is 1. The predicted octanol–water partition coefficient (Wildman–Crippen LogP) is 7.35. The first-order valence-corrected chi connectivity index (χ1v) is 14.4. The van der Waals surface area contributed by atoms with Crippen molar-refractivity contribution in [3.05, 3.63) is 29.3 Å². The van der Waals surface area contributed by atoms with E-state index in [0.29, 0.717) is 28.6 Å². The van der Waals surface area contributed by atoms with E-state index >= 15 is 0 Å². The summed E-state index contributed by atoms with van der Waals surface area (Å²) in [5.41, 5.74) is 5.49. The number of hydrogen-bond acceptors (Lipinski definition) is 4. The summed E-state index contributed by atoms with van der Waals surface area (Å²) in [6.45, 7) is 9.47. The van der Waals surface area contributed by atoms with E-state index in [9.17, 15) is 4.79 Å². The molecule has 0 saturated heterocycles. The molecule has 1 aromatic rings. The Morgan fingerprint density at radius 3 is 2.56 bits per heavy atom. The van der Waals surface area contributed by atoms with E-state index in [4.69, 9.17) is 33.7 Å². The van der Waals surface area contributed by atoms with Gasteiger partial charge in [0, 0.05) is 21.8 Å². The van der Waals surface area contributed by atoms with Crippen molar-refractivity contribution in [2.75, 3.05) is 11.9 Å². The Morgan fingerprint density at radius 2 is 1.83 bits per heavy atom. The van der Waals surface area contributed by atoms with E-state index < -0.39 is 0 Å². The van der Waals surface area contributed by atoms with Gasteiger partial charge < -0.3 is 10.1 Å². The summed E-state index contributed by atoms with van der Waals surface area (Å²) in [5, 5.41) is 9.31. The van der Waals surface area contributed by atoms with Gasteiger partial charge in [0.05, 0.1) is 12.0 Å². The zero-order valence-corrected chi connectivity index (χ0v) is 23.7. The lowest BCUT2D eigenvalue weighted by atomic mass is 9.40. The van der Waals surface area contributed by atoms with Gasteiger partial charge >= 0.3 is 5.97 Å². The van der Waals surface area contributed by atoms with Crippen LogP contribution < -0.4 is 10.7 Å². The molecule has 0 amide bonds. The van der Waals surface area contributed by atoms with Crippen LogP contribution >= 0.6 is 23.8 Å². The monoisotopic (exact) mass is 529 g/mol. The van der Waals surface area contributed by atoms with E-state index in [1.54, 1.807) is 0 Å². The molecular formula is C29H40ClN3O2S. The maximum Gasteiger partial charge on any atom is 0.312 e. The molecular weight excluding hydrogens is 490 g/mol. The predicted molar refractivity (Wildman–Crippen MR) is 150 cm³/mol. The molecule has 4 fully saturated rings. The maximum absolute atomic E-state index is 13.2. The first-order valence-electron chi connectivity index (χ1n) is 13.6. The van der Waals surface area contributed by atoms with Crippen molar-refractivity contribution in [2.45, 2.75) is 85.5 Å². The third-order valence-corrected chi connectivity index (χ3v) is 11.0. The fourth-order valence-corrected chi connectivity index (χ4v) is 9.34. The van der Waals surface area contributed by atoms with E-state index in [0.717, 1.165) is 37.8 Å². The Bertz CT molecular complexity index is 1080. The van der Waals surface area contributed by atoms with Gasteiger partial charge in [-0.15, -0.1) is 0 Å². The molecule has 0 unspecified atom stereocenters. The van der Waals surface area contributed by atoms with Crippen LogP contribution in [0, 0.1) is 33.5 Å². The minimum atomic E-state index is -0.359. The van der Waals surface area contributed by atoms with Crippen molar-refractivity contribution in [1.82, 2.24) is 5.43 Å². The molecule has 2 bridgehead atoms. The Hall–Kier alpha value is -1.66. The number of hydrogen-bond donors (Lipinski definition) is 2. The zero-order valence-electron chi connectivity index (χ0n) is 22.1. The largest absolute Gasteiger partial charge is 0.466 e. The van der Waals surface area contributed by atoms with Gasteiger partial charge in [-0.25, -0.2) is 0 Å². The third-order valence-electron chi connectivity index (χ3n) is 10.5. The first kappa shape index (κ1) is 26.0. The molecule has 7 heteroatoms. The number of nitrogens with zero attached hydrogens (tertiary/aromatic N) is 1. The number of benzene rings is 1. The zero-order chi connectivity index (χ0) is 25.8. The molecule has 5 rings (SSSR count). The van der Waals surface area contributed by atoms with Gasteiger partial charge in [-0.3, -0.25) is 10.2 Å². The molecule has 6 atom stereocenters. The van der Waals surface area contributed by atoms with Gasteiger partial charge in [-0.05, 0) is 124 Å². The summed E-state index contributed by atoms with van der Waals surface area (Å²) in [5.74, 6) is 1.04. The van der Waals surface area contributed by atoms with Gasteiger partial charge in [-0.2, -0.15) is 5.10 Å². The van der Waals surface area contributed by atoms with Crippen molar-refractivity contribution >= 4 is 46.3 Å². The van der Waals surface area contributed by atoms with Crippen LogP contribution in [0.1, 0.15) is 85.5 Å². The van der Waals surface area contributed by atoms with Gasteiger partial charge in [-0.1, -0.05) is 31.9 Å². The van der Waals surface area contributed by atoms with Gasteiger partial charge in [0.1, 0.15) is 0 Å². The second kappa shape index (κ2) is 9.27. The summed E-state index contributed by atoms with van der Waals surface area (Å²) in [7, 11) is 0. The minimum absolute atomic E-state index is 0.0251. The fourth-order valence-electron chi connectivity index (χ4n) is 9.05. The Labute approximate surface area is 226 Å². The lowest BCUT2D eigenvalue weighted by molar-refractivity contribution is -0.187. The molecule has 4 aliphatic rings. The third kappa shape index (κ3) is 4.16. The molecule has 36 heavy (non-hydrogen) atoms. The number of fused-ring (bicyclic) bond motifs is 3. The number of carbonyl (C=O) groups is 1. The van der Waals surface area contributed by atoms with E-state index in [-0.39, 0.29) is 27.6 Å². The molecule has 4 saturated carbocycles. The molecule has 0 aliphatic heterocycles. The topological polar surface area (TPSA) is 62.7 Å². The molecule has 4 aliphatic carbocycles. The number of ether oxygens (including phenoxy) is 1. The second-order valence-corrected chi connectivity index (χ2v) is 13.4. The number of anilines is 1. The second-order valence-electron chi connectivity index (χ2n) is 12.6. The quantitative estimate of drug-likeness (QED) is 0.242. The Balaban J connectivity index is 1.35. The van der Waals surface area contributed by atoms with Crippen LogP contribution in [-0.4, -0.2) is 23.4 Å². The molecule has 1 spiro atoms. The van der Waals surface area contributed by atoms with Crippen LogP contribution in [0.15, 0.2) is 29.4 Å². The highest BCUT2D eigenvalue weighted by Gasteiger charge is 2.67. The van der Waals surface area contributed by atoms with Crippen LogP contribution in [0.25, 0.3) is 0 Å². The first-order chi connectivity index (χ1) is 17.0. The average Bonchev–Trinajstić information content (AvgIpc) is 3.03. The summed E-state index contributed by atoms with van der Waals surface area (Å²) in [6.07, 6.45) is 10.2. The highest BCUT2D eigenvalue weighted by atomic mass is 35.5. The smallest absolute Gasteiger partial charge is 0.312 e. The summed E-state index contributed by atoms with van der Waals surface area (Å²) >= 11 is 11.5. The van der Waals surface area contributed by atoms with Gasteiger partial charge in [0.25, 0.3) is 0 Å². The van der Waals surface area contributed by atoms with E-state index in [1.165, 1.54) is 31.4 Å². The number of carbonyl (C=O) groups excluding carboxylic acids is 1. The van der Waals surface area contributed by atoms with Crippen LogP contribution in [-0.2, 0) is 9.53 Å². The van der Waals surface area contributed by atoms with Gasteiger partial charge in [0.2, 0.25) is 0 Å². The normalized spacial score (nSPS) is 40.2. The summed E-state index contributed by atoms with van der Waals surface area (Å²) in [6, 6.07) is 7.50. The highest BCUT2D eigenvalue weighted by molar-refractivity contribution is 7.80. The Morgan fingerprint density at radius 1 is 1.11 bits per heavy atom. The molecule has 1 aromatic carbocycles. The van der Waals surface area contributed by atoms with Crippen molar-refractivity contribution in [3.8, 4) is 0 Å². The standard InChI is InChI=1S/C29H40ClN3O2S/c1-5-35-24(34)28(4)14-6-13-27(3)21(28)12-16-29-17-23(26(2,18-29)15-11-22(27)29)32-33-25(36)31-20-9-7-19(30)8-10-20/h7-10,21-22H,5-6,11-18H2,1-4H3,(H2,31,33,36)/b32-23+/t21-,22-,26-,27+,28+,29-/m0/s1. The van der Waals surface area contributed by atoms with Crippen molar-refractivity contribution in [2.24, 2.45) is 38.6 Å². The van der Waals surface area contributed by atoms with Crippen LogP contribution in [0.2, 0.25) is 5.02 Å². The number of rotatable bonds is 4.